The van der Waals surface area contributed by atoms with E-state index in [0.29, 0.717) is 19.8 Å². The second-order valence-corrected chi connectivity index (χ2v) is 4.36. The second kappa shape index (κ2) is 4.75. The fourth-order valence-corrected chi connectivity index (χ4v) is 1.22. The van der Waals surface area contributed by atoms with Crippen LogP contribution in [0.2, 0.25) is 0 Å². The van der Waals surface area contributed by atoms with Crippen LogP contribution in [0.1, 0.15) is 27.2 Å². The minimum Gasteiger partial charge on any atom is -0.460 e. The molecule has 0 aromatic carbocycles. The lowest BCUT2D eigenvalue weighted by Gasteiger charge is -2.24. The Morgan fingerprint density at radius 2 is 2.14 bits per heavy atom. The molecule has 4 heteroatoms. The second-order valence-electron chi connectivity index (χ2n) is 4.36. The molecule has 0 aromatic heterocycles. The number of hydrogen-bond acceptors (Lipinski definition) is 4. The molecule has 0 saturated carbocycles. The van der Waals surface area contributed by atoms with E-state index in [2.05, 4.69) is 0 Å². The summed E-state index contributed by atoms with van der Waals surface area (Å²) in [6.45, 7) is 7.22. The molecule has 1 aliphatic heterocycles. The lowest BCUT2D eigenvalue weighted by Crippen LogP contribution is -2.33. The topological polar surface area (TPSA) is 44.8 Å². The van der Waals surface area contributed by atoms with Gasteiger partial charge in [-0.15, -0.1) is 0 Å². The van der Waals surface area contributed by atoms with Gasteiger partial charge in [-0.1, -0.05) is 0 Å². The highest BCUT2D eigenvalue weighted by Gasteiger charge is 2.22. The van der Waals surface area contributed by atoms with Gasteiger partial charge in [0.25, 0.3) is 0 Å². The molecule has 1 rings (SSSR count). The van der Waals surface area contributed by atoms with Crippen LogP contribution in [-0.2, 0) is 19.0 Å². The van der Waals surface area contributed by atoms with Gasteiger partial charge in [0, 0.05) is 0 Å². The summed E-state index contributed by atoms with van der Waals surface area (Å²) in [4.78, 5) is 11.4. The lowest BCUT2D eigenvalue weighted by molar-refractivity contribution is -0.162. The van der Waals surface area contributed by atoms with Crippen molar-refractivity contribution in [3.63, 3.8) is 0 Å². The first kappa shape index (κ1) is 11.5. The number of carbonyl (C=O) groups excluding carboxylic acids is 1. The highest BCUT2D eigenvalue weighted by atomic mass is 16.6. The molecule has 4 nitrogen and oxygen atoms in total. The van der Waals surface area contributed by atoms with Gasteiger partial charge in [-0.05, 0) is 20.8 Å². The number of ether oxygens (including phenoxy) is 3. The van der Waals surface area contributed by atoms with E-state index in [-0.39, 0.29) is 18.5 Å². The Kier molecular flexibility index (Phi) is 3.89. The summed E-state index contributed by atoms with van der Waals surface area (Å²) in [5.74, 6) is -0.229. The minimum atomic E-state index is -0.424. The van der Waals surface area contributed by atoms with Crippen LogP contribution in [0.5, 0.6) is 0 Å². The van der Waals surface area contributed by atoms with Crippen molar-refractivity contribution >= 4 is 5.97 Å². The Morgan fingerprint density at radius 1 is 1.43 bits per heavy atom. The fraction of sp³-hybridized carbons (Fsp3) is 0.900. The van der Waals surface area contributed by atoms with E-state index >= 15 is 0 Å². The molecule has 0 aliphatic carbocycles. The molecule has 82 valence electrons. The molecule has 1 fully saturated rings. The first-order valence-electron chi connectivity index (χ1n) is 4.88. The van der Waals surface area contributed by atoms with Crippen molar-refractivity contribution in [2.24, 2.45) is 0 Å². The maximum Gasteiger partial charge on any atom is 0.309 e. The molecule has 14 heavy (non-hydrogen) atoms. The largest absolute Gasteiger partial charge is 0.460 e. The number of esters is 1. The third-order valence-corrected chi connectivity index (χ3v) is 1.70. The normalized spacial score (nSPS) is 23.2. The number of rotatable bonds is 2. The van der Waals surface area contributed by atoms with Crippen molar-refractivity contribution in [1.82, 2.24) is 0 Å². The van der Waals surface area contributed by atoms with Gasteiger partial charge in [-0.2, -0.15) is 0 Å². The highest BCUT2D eigenvalue weighted by Crippen LogP contribution is 2.12. The van der Waals surface area contributed by atoms with Crippen molar-refractivity contribution in [3.8, 4) is 0 Å². The van der Waals surface area contributed by atoms with Gasteiger partial charge in [-0.25, -0.2) is 0 Å². The van der Waals surface area contributed by atoms with Crippen LogP contribution in [0.4, 0.5) is 0 Å². The fourth-order valence-electron chi connectivity index (χ4n) is 1.22. The average molecular weight is 202 g/mol. The molecule has 0 amide bonds. The zero-order valence-corrected chi connectivity index (χ0v) is 9.04. The minimum absolute atomic E-state index is 0.140. The maximum absolute atomic E-state index is 11.4. The van der Waals surface area contributed by atoms with Crippen LogP contribution in [0.15, 0.2) is 0 Å². The van der Waals surface area contributed by atoms with Crippen LogP contribution in [0.25, 0.3) is 0 Å². The van der Waals surface area contributed by atoms with Crippen molar-refractivity contribution in [2.75, 3.05) is 19.8 Å². The quantitative estimate of drug-likeness (QED) is 0.630. The van der Waals surface area contributed by atoms with Crippen LogP contribution >= 0.6 is 0 Å². The Hall–Kier alpha value is -0.610. The van der Waals surface area contributed by atoms with Crippen LogP contribution in [0.3, 0.4) is 0 Å². The predicted molar refractivity (Wildman–Crippen MR) is 51.0 cm³/mol. The zero-order chi connectivity index (χ0) is 10.6. The molecule has 0 bridgehead atoms. The van der Waals surface area contributed by atoms with Crippen molar-refractivity contribution < 1.29 is 19.0 Å². The number of hydrogen-bond donors (Lipinski definition) is 0. The third kappa shape index (κ3) is 4.58. The van der Waals surface area contributed by atoms with E-state index in [9.17, 15) is 4.79 Å². The molecule has 1 unspecified atom stereocenters. The van der Waals surface area contributed by atoms with Crippen LogP contribution < -0.4 is 0 Å². The van der Waals surface area contributed by atoms with E-state index in [4.69, 9.17) is 14.2 Å². The summed E-state index contributed by atoms with van der Waals surface area (Å²) < 4.78 is 15.7. The SMILES string of the molecule is CC(C)(C)OC(=O)CC1COCCO1. The smallest absolute Gasteiger partial charge is 0.309 e. The third-order valence-electron chi connectivity index (χ3n) is 1.70. The Bertz CT molecular complexity index is 189. The van der Waals surface area contributed by atoms with Gasteiger partial charge in [0.2, 0.25) is 0 Å². The molecule has 0 aromatic rings. The maximum atomic E-state index is 11.4. The van der Waals surface area contributed by atoms with Crippen molar-refractivity contribution in [3.05, 3.63) is 0 Å². The summed E-state index contributed by atoms with van der Waals surface area (Å²) in [5, 5.41) is 0. The van der Waals surface area contributed by atoms with Gasteiger partial charge in [0.1, 0.15) is 5.60 Å². The van der Waals surface area contributed by atoms with E-state index in [1.807, 2.05) is 20.8 Å². The van der Waals surface area contributed by atoms with Crippen LogP contribution in [0, 0.1) is 0 Å². The zero-order valence-electron chi connectivity index (χ0n) is 9.04. The molecule has 1 aliphatic rings. The highest BCUT2D eigenvalue weighted by molar-refractivity contribution is 5.70. The van der Waals surface area contributed by atoms with E-state index < -0.39 is 5.60 Å². The van der Waals surface area contributed by atoms with E-state index in [0.717, 1.165) is 0 Å². The van der Waals surface area contributed by atoms with Gasteiger partial charge >= 0.3 is 5.97 Å². The first-order chi connectivity index (χ1) is 6.47. The molecule has 1 heterocycles. The molecular weight excluding hydrogens is 184 g/mol. The van der Waals surface area contributed by atoms with Crippen LogP contribution in [-0.4, -0.2) is 37.5 Å². The Morgan fingerprint density at radius 3 is 2.64 bits per heavy atom. The number of carbonyl (C=O) groups is 1. The molecule has 1 saturated heterocycles. The van der Waals surface area contributed by atoms with Gasteiger partial charge in [0.05, 0.1) is 32.3 Å². The standard InChI is InChI=1S/C10H18O4/c1-10(2,3)14-9(11)6-8-7-12-4-5-13-8/h8H,4-7H2,1-3H3. The summed E-state index contributed by atoms with van der Waals surface area (Å²) in [6, 6.07) is 0. The monoisotopic (exact) mass is 202 g/mol. The summed E-state index contributed by atoms with van der Waals surface area (Å²) in [5.41, 5.74) is -0.424. The van der Waals surface area contributed by atoms with E-state index in [1.54, 1.807) is 0 Å². The average Bonchev–Trinajstić information content (AvgIpc) is 2.02. The first-order valence-corrected chi connectivity index (χ1v) is 4.88. The Labute approximate surface area is 84.5 Å². The lowest BCUT2D eigenvalue weighted by atomic mass is 10.2. The van der Waals surface area contributed by atoms with E-state index in [1.165, 1.54) is 0 Å². The molecular formula is C10H18O4. The van der Waals surface area contributed by atoms with Gasteiger partial charge in [0.15, 0.2) is 0 Å². The molecule has 1 atom stereocenters. The summed E-state index contributed by atoms with van der Waals surface area (Å²) >= 11 is 0. The predicted octanol–water partition coefficient (Wildman–Crippen LogP) is 1.13. The molecule has 0 spiro atoms. The summed E-state index contributed by atoms with van der Waals surface area (Å²) in [7, 11) is 0. The molecule has 0 N–H and O–H groups in total. The van der Waals surface area contributed by atoms with Gasteiger partial charge in [-0.3, -0.25) is 4.79 Å². The summed E-state index contributed by atoms with van der Waals surface area (Å²) in [6.07, 6.45) is 0.135. The molecule has 0 radical (unpaired) electrons. The van der Waals surface area contributed by atoms with Crippen molar-refractivity contribution in [1.29, 1.82) is 0 Å². The van der Waals surface area contributed by atoms with Crippen molar-refractivity contribution in [2.45, 2.75) is 38.9 Å². The Balaban J connectivity index is 2.25. The van der Waals surface area contributed by atoms with Gasteiger partial charge < -0.3 is 14.2 Å².